The van der Waals surface area contributed by atoms with Gasteiger partial charge in [0.05, 0.1) is 5.60 Å². The Balaban J connectivity index is 2.05. The van der Waals surface area contributed by atoms with E-state index >= 15 is 0 Å². The van der Waals surface area contributed by atoms with Crippen molar-refractivity contribution in [2.24, 2.45) is 11.8 Å². The Labute approximate surface area is 82.6 Å². The standard InChI is InChI=1S/C12H13FO/c13-11-4-2-1-3-9(11)12(14)6-5-8-7-10(8)12/h1-4,8,10,14H,5-7H2. The lowest BCUT2D eigenvalue weighted by atomic mass is 9.88. The van der Waals surface area contributed by atoms with Gasteiger partial charge in [-0.25, -0.2) is 4.39 Å². The van der Waals surface area contributed by atoms with Crippen molar-refractivity contribution in [3.63, 3.8) is 0 Å². The summed E-state index contributed by atoms with van der Waals surface area (Å²) in [7, 11) is 0. The Morgan fingerprint density at radius 1 is 1.36 bits per heavy atom. The Kier molecular flexibility index (Phi) is 1.55. The van der Waals surface area contributed by atoms with Gasteiger partial charge in [-0.05, 0) is 37.2 Å². The molecule has 1 aromatic carbocycles. The van der Waals surface area contributed by atoms with Crippen LogP contribution in [0.3, 0.4) is 0 Å². The zero-order valence-corrected chi connectivity index (χ0v) is 7.91. The molecule has 2 fully saturated rings. The second-order valence-corrected chi connectivity index (χ2v) is 4.55. The van der Waals surface area contributed by atoms with E-state index in [1.165, 1.54) is 6.07 Å². The topological polar surface area (TPSA) is 20.2 Å². The Bertz CT molecular complexity index is 376. The first-order valence-corrected chi connectivity index (χ1v) is 5.19. The predicted molar refractivity (Wildman–Crippen MR) is 51.1 cm³/mol. The SMILES string of the molecule is OC1(c2ccccc2F)CCC2CC21. The second-order valence-electron chi connectivity index (χ2n) is 4.55. The molecule has 0 aromatic heterocycles. The number of benzene rings is 1. The fourth-order valence-electron chi connectivity index (χ4n) is 2.89. The highest BCUT2D eigenvalue weighted by atomic mass is 19.1. The lowest BCUT2D eigenvalue weighted by molar-refractivity contribution is 0.0173. The normalized spacial score (nSPS) is 39.6. The van der Waals surface area contributed by atoms with E-state index in [9.17, 15) is 9.50 Å². The molecule has 2 heteroatoms. The molecule has 1 nitrogen and oxygen atoms in total. The van der Waals surface area contributed by atoms with Crippen LogP contribution in [0.15, 0.2) is 24.3 Å². The van der Waals surface area contributed by atoms with Gasteiger partial charge in [-0.3, -0.25) is 0 Å². The van der Waals surface area contributed by atoms with Crippen LogP contribution in [0, 0.1) is 17.7 Å². The van der Waals surface area contributed by atoms with Crippen LogP contribution in [0.1, 0.15) is 24.8 Å². The minimum atomic E-state index is -0.865. The molecule has 3 atom stereocenters. The maximum absolute atomic E-state index is 13.5. The molecule has 0 heterocycles. The van der Waals surface area contributed by atoms with Gasteiger partial charge in [0.1, 0.15) is 5.82 Å². The lowest BCUT2D eigenvalue weighted by Crippen LogP contribution is -2.26. The number of aliphatic hydroxyl groups is 1. The van der Waals surface area contributed by atoms with E-state index in [-0.39, 0.29) is 5.82 Å². The van der Waals surface area contributed by atoms with Gasteiger partial charge in [0.2, 0.25) is 0 Å². The van der Waals surface area contributed by atoms with E-state index in [1.54, 1.807) is 18.2 Å². The van der Waals surface area contributed by atoms with Crippen LogP contribution < -0.4 is 0 Å². The van der Waals surface area contributed by atoms with Crippen molar-refractivity contribution in [3.8, 4) is 0 Å². The zero-order chi connectivity index (χ0) is 9.76. The van der Waals surface area contributed by atoms with Crippen LogP contribution in [0.4, 0.5) is 4.39 Å². The van der Waals surface area contributed by atoms with Crippen molar-refractivity contribution in [2.75, 3.05) is 0 Å². The molecule has 0 amide bonds. The van der Waals surface area contributed by atoms with Crippen molar-refractivity contribution >= 4 is 0 Å². The molecule has 1 aromatic rings. The van der Waals surface area contributed by atoms with Gasteiger partial charge < -0.3 is 5.11 Å². The van der Waals surface area contributed by atoms with Crippen molar-refractivity contribution in [1.29, 1.82) is 0 Å². The summed E-state index contributed by atoms with van der Waals surface area (Å²) < 4.78 is 13.5. The average molecular weight is 192 g/mol. The first-order valence-electron chi connectivity index (χ1n) is 5.19. The molecule has 0 radical (unpaired) electrons. The Morgan fingerprint density at radius 3 is 2.71 bits per heavy atom. The molecule has 3 unspecified atom stereocenters. The van der Waals surface area contributed by atoms with E-state index in [0.717, 1.165) is 19.3 Å². The first-order chi connectivity index (χ1) is 6.72. The third kappa shape index (κ3) is 0.976. The largest absolute Gasteiger partial charge is 0.385 e. The number of halogens is 1. The summed E-state index contributed by atoms with van der Waals surface area (Å²) in [6.07, 6.45) is 2.85. The van der Waals surface area contributed by atoms with Gasteiger partial charge in [-0.2, -0.15) is 0 Å². The summed E-state index contributed by atoms with van der Waals surface area (Å²) in [6, 6.07) is 6.62. The van der Waals surface area contributed by atoms with Gasteiger partial charge in [0, 0.05) is 5.56 Å². The second kappa shape index (κ2) is 2.57. The number of fused-ring (bicyclic) bond motifs is 1. The van der Waals surface area contributed by atoms with Crippen LogP contribution in [0.2, 0.25) is 0 Å². The average Bonchev–Trinajstić information content (AvgIpc) is 2.89. The fraction of sp³-hybridized carbons (Fsp3) is 0.500. The summed E-state index contributed by atoms with van der Waals surface area (Å²) in [5.41, 5.74) is -0.360. The van der Waals surface area contributed by atoms with Crippen LogP contribution in [-0.4, -0.2) is 5.11 Å². The van der Waals surface area contributed by atoms with E-state index in [0.29, 0.717) is 17.4 Å². The summed E-state index contributed by atoms with van der Waals surface area (Å²) >= 11 is 0. The van der Waals surface area contributed by atoms with Gasteiger partial charge in [-0.15, -0.1) is 0 Å². The van der Waals surface area contributed by atoms with E-state index < -0.39 is 5.60 Å². The Morgan fingerprint density at radius 2 is 2.14 bits per heavy atom. The summed E-state index contributed by atoms with van der Waals surface area (Å²) in [5, 5.41) is 10.4. The number of hydrogen-bond donors (Lipinski definition) is 1. The molecule has 3 rings (SSSR count). The fourth-order valence-corrected chi connectivity index (χ4v) is 2.89. The van der Waals surface area contributed by atoms with Crippen LogP contribution >= 0.6 is 0 Å². The Hall–Kier alpha value is -0.890. The van der Waals surface area contributed by atoms with Crippen LogP contribution in [0.25, 0.3) is 0 Å². The number of rotatable bonds is 1. The predicted octanol–water partition coefficient (Wildman–Crippen LogP) is 2.44. The number of hydrogen-bond acceptors (Lipinski definition) is 1. The summed E-state index contributed by atoms with van der Waals surface area (Å²) in [4.78, 5) is 0. The maximum Gasteiger partial charge on any atom is 0.129 e. The quantitative estimate of drug-likeness (QED) is 0.724. The maximum atomic E-state index is 13.5. The molecule has 0 bridgehead atoms. The van der Waals surface area contributed by atoms with Gasteiger partial charge >= 0.3 is 0 Å². The third-order valence-electron chi connectivity index (χ3n) is 3.77. The molecule has 0 spiro atoms. The van der Waals surface area contributed by atoms with Crippen LogP contribution in [-0.2, 0) is 5.60 Å². The van der Waals surface area contributed by atoms with E-state index in [1.807, 2.05) is 0 Å². The van der Waals surface area contributed by atoms with E-state index in [2.05, 4.69) is 0 Å². The zero-order valence-electron chi connectivity index (χ0n) is 7.91. The monoisotopic (exact) mass is 192 g/mol. The highest BCUT2D eigenvalue weighted by molar-refractivity contribution is 5.29. The molecule has 14 heavy (non-hydrogen) atoms. The van der Waals surface area contributed by atoms with Crippen LogP contribution in [0.5, 0.6) is 0 Å². The minimum Gasteiger partial charge on any atom is -0.385 e. The minimum absolute atomic E-state index is 0.262. The molecular weight excluding hydrogens is 179 g/mol. The first kappa shape index (κ1) is 8.42. The molecule has 2 saturated carbocycles. The van der Waals surface area contributed by atoms with Crippen molar-refractivity contribution < 1.29 is 9.50 Å². The smallest absolute Gasteiger partial charge is 0.129 e. The van der Waals surface area contributed by atoms with Crippen molar-refractivity contribution in [3.05, 3.63) is 35.6 Å². The van der Waals surface area contributed by atoms with Gasteiger partial charge in [0.25, 0.3) is 0 Å². The molecule has 1 N–H and O–H groups in total. The summed E-state index contributed by atoms with van der Waals surface area (Å²) in [5.74, 6) is 0.710. The van der Waals surface area contributed by atoms with Crippen molar-refractivity contribution in [1.82, 2.24) is 0 Å². The molecule has 2 aliphatic rings. The highest BCUT2D eigenvalue weighted by Crippen LogP contribution is 2.61. The molecule has 0 saturated heterocycles. The third-order valence-corrected chi connectivity index (χ3v) is 3.77. The summed E-state index contributed by atoms with van der Waals surface area (Å²) in [6.45, 7) is 0. The highest BCUT2D eigenvalue weighted by Gasteiger charge is 2.58. The molecule has 0 aliphatic heterocycles. The van der Waals surface area contributed by atoms with Gasteiger partial charge in [-0.1, -0.05) is 18.2 Å². The van der Waals surface area contributed by atoms with Gasteiger partial charge in [0.15, 0.2) is 0 Å². The van der Waals surface area contributed by atoms with E-state index in [4.69, 9.17) is 0 Å². The molecular formula is C12H13FO. The van der Waals surface area contributed by atoms with Crippen molar-refractivity contribution in [2.45, 2.75) is 24.9 Å². The molecule has 2 aliphatic carbocycles. The molecule has 74 valence electrons. The lowest BCUT2D eigenvalue weighted by Gasteiger charge is -2.25.